The predicted octanol–water partition coefficient (Wildman–Crippen LogP) is 1.89. The van der Waals surface area contributed by atoms with Gasteiger partial charge in [0.2, 0.25) is 0 Å². The van der Waals surface area contributed by atoms with Gasteiger partial charge in [0.05, 0.1) is 0 Å². The first kappa shape index (κ1) is 9.83. The summed E-state index contributed by atoms with van der Waals surface area (Å²) in [6.45, 7) is 2.08. The molecular weight excluding hydrogens is 158 g/mol. The molecule has 0 saturated carbocycles. The van der Waals surface area contributed by atoms with Gasteiger partial charge in [-0.2, -0.15) is 0 Å². The standard InChI is InChI=1S/C12H15N/c1-3-5-12(13)9-11-7-4-6-10(2)8-11/h1,4,6-8,12H,5,9,13H2,2H3. The highest BCUT2D eigenvalue weighted by Gasteiger charge is 2.01. The molecule has 0 aliphatic carbocycles. The smallest absolute Gasteiger partial charge is 0.0241 e. The van der Waals surface area contributed by atoms with Crippen molar-refractivity contribution in [1.29, 1.82) is 0 Å². The van der Waals surface area contributed by atoms with E-state index in [-0.39, 0.29) is 6.04 Å². The predicted molar refractivity (Wildman–Crippen MR) is 56.3 cm³/mol. The molecule has 13 heavy (non-hydrogen) atoms. The second-order valence-corrected chi connectivity index (χ2v) is 3.36. The highest BCUT2D eigenvalue weighted by Crippen LogP contribution is 2.06. The van der Waals surface area contributed by atoms with Crippen LogP contribution in [-0.2, 0) is 6.42 Å². The van der Waals surface area contributed by atoms with Gasteiger partial charge in [-0.15, -0.1) is 12.3 Å². The van der Waals surface area contributed by atoms with E-state index in [0.717, 1.165) is 6.42 Å². The Balaban J connectivity index is 2.59. The van der Waals surface area contributed by atoms with Crippen LogP contribution in [0.1, 0.15) is 17.5 Å². The summed E-state index contributed by atoms with van der Waals surface area (Å²) < 4.78 is 0. The molecular formula is C12H15N. The van der Waals surface area contributed by atoms with E-state index in [1.165, 1.54) is 11.1 Å². The summed E-state index contributed by atoms with van der Waals surface area (Å²) in [6, 6.07) is 8.45. The Morgan fingerprint density at radius 3 is 2.92 bits per heavy atom. The summed E-state index contributed by atoms with van der Waals surface area (Å²) >= 11 is 0. The van der Waals surface area contributed by atoms with Gasteiger partial charge in [0.25, 0.3) is 0 Å². The maximum atomic E-state index is 5.82. The van der Waals surface area contributed by atoms with Crippen molar-refractivity contribution in [3.05, 3.63) is 35.4 Å². The SMILES string of the molecule is C#CCC(N)Cc1cccc(C)c1. The highest BCUT2D eigenvalue weighted by atomic mass is 14.6. The summed E-state index contributed by atoms with van der Waals surface area (Å²) in [4.78, 5) is 0. The third-order valence-electron chi connectivity index (χ3n) is 1.96. The van der Waals surface area contributed by atoms with Crippen LogP contribution in [0.15, 0.2) is 24.3 Å². The van der Waals surface area contributed by atoms with E-state index in [1.807, 2.05) is 6.07 Å². The third-order valence-corrected chi connectivity index (χ3v) is 1.96. The molecule has 0 bridgehead atoms. The first-order chi connectivity index (χ1) is 6.22. The number of benzene rings is 1. The molecule has 68 valence electrons. The molecule has 1 aromatic rings. The van der Waals surface area contributed by atoms with E-state index in [1.54, 1.807) is 0 Å². The molecule has 0 aromatic heterocycles. The highest BCUT2D eigenvalue weighted by molar-refractivity contribution is 5.23. The van der Waals surface area contributed by atoms with Crippen LogP contribution in [0.2, 0.25) is 0 Å². The maximum absolute atomic E-state index is 5.82. The van der Waals surface area contributed by atoms with Gasteiger partial charge < -0.3 is 5.73 Å². The van der Waals surface area contributed by atoms with Crippen molar-refractivity contribution in [1.82, 2.24) is 0 Å². The molecule has 1 aromatic carbocycles. The average Bonchev–Trinajstić information content (AvgIpc) is 2.04. The number of hydrogen-bond donors (Lipinski definition) is 1. The Morgan fingerprint density at radius 1 is 1.54 bits per heavy atom. The van der Waals surface area contributed by atoms with E-state index in [2.05, 4.69) is 31.0 Å². The van der Waals surface area contributed by atoms with Gasteiger partial charge in [0.1, 0.15) is 0 Å². The quantitative estimate of drug-likeness (QED) is 0.694. The van der Waals surface area contributed by atoms with E-state index in [0.29, 0.717) is 6.42 Å². The first-order valence-corrected chi connectivity index (χ1v) is 4.47. The molecule has 0 fully saturated rings. The normalized spacial score (nSPS) is 12.1. The lowest BCUT2D eigenvalue weighted by atomic mass is 10.0. The summed E-state index contributed by atoms with van der Waals surface area (Å²) in [5.41, 5.74) is 8.36. The van der Waals surface area contributed by atoms with Crippen molar-refractivity contribution in [3.8, 4) is 12.3 Å². The van der Waals surface area contributed by atoms with Crippen molar-refractivity contribution in [2.45, 2.75) is 25.8 Å². The van der Waals surface area contributed by atoms with Crippen LogP contribution >= 0.6 is 0 Å². The number of aryl methyl sites for hydroxylation is 1. The summed E-state index contributed by atoms with van der Waals surface area (Å²) in [5, 5.41) is 0. The number of terminal acetylenes is 1. The maximum Gasteiger partial charge on any atom is 0.0241 e. The minimum atomic E-state index is 0.0896. The molecule has 0 saturated heterocycles. The van der Waals surface area contributed by atoms with Crippen molar-refractivity contribution in [2.75, 3.05) is 0 Å². The number of rotatable bonds is 3. The topological polar surface area (TPSA) is 26.0 Å². The zero-order chi connectivity index (χ0) is 9.68. The van der Waals surface area contributed by atoms with Gasteiger partial charge in [0.15, 0.2) is 0 Å². The Kier molecular flexibility index (Phi) is 3.54. The van der Waals surface area contributed by atoms with Gasteiger partial charge in [-0.3, -0.25) is 0 Å². The first-order valence-electron chi connectivity index (χ1n) is 4.47. The monoisotopic (exact) mass is 173 g/mol. The lowest BCUT2D eigenvalue weighted by Crippen LogP contribution is -2.21. The van der Waals surface area contributed by atoms with E-state index < -0.39 is 0 Å². The van der Waals surface area contributed by atoms with Crippen LogP contribution in [0.25, 0.3) is 0 Å². The molecule has 0 aliphatic rings. The third kappa shape index (κ3) is 3.31. The van der Waals surface area contributed by atoms with Crippen LogP contribution < -0.4 is 5.73 Å². The second kappa shape index (κ2) is 4.69. The zero-order valence-corrected chi connectivity index (χ0v) is 7.96. The van der Waals surface area contributed by atoms with Gasteiger partial charge in [-0.1, -0.05) is 29.8 Å². The largest absolute Gasteiger partial charge is 0.327 e. The molecule has 0 amide bonds. The molecule has 2 N–H and O–H groups in total. The van der Waals surface area contributed by atoms with E-state index in [4.69, 9.17) is 12.2 Å². The fourth-order valence-corrected chi connectivity index (χ4v) is 1.37. The fourth-order valence-electron chi connectivity index (χ4n) is 1.37. The van der Waals surface area contributed by atoms with Crippen molar-refractivity contribution >= 4 is 0 Å². The van der Waals surface area contributed by atoms with Crippen LogP contribution in [-0.4, -0.2) is 6.04 Å². The van der Waals surface area contributed by atoms with Crippen LogP contribution in [0.4, 0.5) is 0 Å². The minimum absolute atomic E-state index is 0.0896. The lowest BCUT2D eigenvalue weighted by Gasteiger charge is -2.08. The van der Waals surface area contributed by atoms with Gasteiger partial charge >= 0.3 is 0 Å². The van der Waals surface area contributed by atoms with Crippen LogP contribution in [0.5, 0.6) is 0 Å². The van der Waals surface area contributed by atoms with E-state index >= 15 is 0 Å². The number of hydrogen-bond acceptors (Lipinski definition) is 1. The lowest BCUT2D eigenvalue weighted by molar-refractivity contribution is 0.689. The average molecular weight is 173 g/mol. The summed E-state index contributed by atoms with van der Waals surface area (Å²) in [7, 11) is 0. The van der Waals surface area contributed by atoms with Crippen molar-refractivity contribution < 1.29 is 0 Å². The Bertz CT molecular complexity index is 309. The van der Waals surface area contributed by atoms with E-state index in [9.17, 15) is 0 Å². The van der Waals surface area contributed by atoms with Crippen LogP contribution in [0.3, 0.4) is 0 Å². The molecule has 0 heterocycles. The van der Waals surface area contributed by atoms with Gasteiger partial charge in [0, 0.05) is 12.5 Å². The van der Waals surface area contributed by atoms with Gasteiger partial charge in [-0.05, 0) is 18.9 Å². The number of nitrogens with two attached hydrogens (primary N) is 1. The molecule has 1 heteroatoms. The molecule has 1 rings (SSSR count). The minimum Gasteiger partial charge on any atom is -0.327 e. The van der Waals surface area contributed by atoms with Crippen molar-refractivity contribution in [2.24, 2.45) is 5.73 Å². The second-order valence-electron chi connectivity index (χ2n) is 3.36. The fraction of sp³-hybridized carbons (Fsp3) is 0.333. The Hall–Kier alpha value is -1.26. The van der Waals surface area contributed by atoms with Crippen molar-refractivity contribution in [3.63, 3.8) is 0 Å². The molecule has 1 nitrogen and oxygen atoms in total. The summed E-state index contributed by atoms with van der Waals surface area (Å²) in [5.74, 6) is 2.58. The Labute approximate surface area is 80.0 Å². The molecule has 0 spiro atoms. The van der Waals surface area contributed by atoms with Crippen LogP contribution in [0, 0.1) is 19.3 Å². The molecule has 1 unspecified atom stereocenters. The molecule has 0 aliphatic heterocycles. The summed E-state index contributed by atoms with van der Waals surface area (Å²) in [6.07, 6.45) is 6.70. The Morgan fingerprint density at radius 2 is 2.31 bits per heavy atom. The molecule has 0 radical (unpaired) electrons. The molecule has 1 atom stereocenters. The van der Waals surface area contributed by atoms with Gasteiger partial charge in [-0.25, -0.2) is 0 Å². The zero-order valence-electron chi connectivity index (χ0n) is 7.96.